The quantitative estimate of drug-likeness (QED) is 0.670. The lowest BCUT2D eigenvalue weighted by molar-refractivity contribution is -0.143. The summed E-state index contributed by atoms with van der Waals surface area (Å²) in [6.45, 7) is 6.19. The van der Waals surface area contributed by atoms with Crippen LogP contribution in [0.25, 0.3) is 0 Å². The molecule has 2 aliphatic heterocycles. The van der Waals surface area contributed by atoms with Crippen molar-refractivity contribution < 1.29 is 4.79 Å². The molecule has 0 spiro atoms. The fourth-order valence-electron chi connectivity index (χ4n) is 2.49. The fourth-order valence-corrected chi connectivity index (χ4v) is 2.49. The van der Waals surface area contributed by atoms with E-state index >= 15 is 0 Å². The van der Waals surface area contributed by atoms with E-state index in [1.807, 2.05) is 4.90 Å². The van der Waals surface area contributed by atoms with Crippen molar-refractivity contribution in [2.75, 3.05) is 26.2 Å². The monoisotopic (exact) mass is 211 g/mol. The van der Waals surface area contributed by atoms with Crippen LogP contribution in [0.15, 0.2) is 0 Å². The Morgan fingerprint density at radius 1 is 1.40 bits per heavy atom. The summed E-state index contributed by atoms with van der Waals surface area (Å²) in [4.78, 5) is 15.7. The van der Waals surface area contributed by atoms with Gasteiger partial charge in [-0.2, -0.15) is 0 Å². The van der Waals surface area contributed by atoms with E-state index in [0.29, 0.717) is 6.04 Å². The molecule has 2 atom stereocenters. The highest BCUT2D eigenvalue weighted by atomic mass is 16.2. The van der Waals surface area contributed by atoms with E-state index in [1.54, 1.807) is 0 Å². The lowest BCUT2D eigenvalue weighted by Gasteiger charge is -2.41. The van der Waals surface area contributed by atoms with Gasteiger partial charge in [0.15, 0.2) is 0 Å². The summed E-state index contributed by atoms with van der Waals surface area (Å²) >= 11 is 0. The molecular formula is C11H21N3O. The van der Waals surface area contributed by atoms with Crippen LogP contribution in [-0.4, -0.2) is 54.0 Å². The molecule has 0 aromatic carbocycles. The van der Waals surface area contributed by atoms with Gasteiger partial charge in [0.1, 0.15) is 6.04 Å². The Morgan fingerprint density at radius 2 is 2.07 bits per heavy atom. The van der Waals surface area contributed by atoms with Crippen LogP contribution in [0, 0.1) is 0 Å². The lowest BCUT2D eigenvalue weighted by atomic mass is 10.1. The second-order valence-electron chi connectivity index (χ2n) is 4.80. The molecule has 2 heterocycles. The average molecular weight is 211 g/mol. The number of likely N-dealkylation sites (tertiary alicyclic amines) is 2. The summed E-state index contributed by atoms with van der Waals surface area (Å²) < 4.78 is 0. The van der Waals surface area contributed by atoms with Gasteiger partial charge in [-0.1, -0.05) is 6.42 Å². The highest BCUT2D eigenvalue weighted by Gasteiger charge is 2.34. The van der Waals surface area contributed by atoms with Crippen molar-refractivity contribution in [3.63, 3.8) is 0 Å². The van der Waals surface area contributed by atoms with Gasteiger partial charge < -0.3 is 10.6 Å². The highest BCUT2D eigenvalue weighted by molar-refractivity contribution is 5.87. The zero-order valence-corrected chi connectivity index (χ0v) is 9.48. The van der Waals surface area contributed by atoms with Crippen molar-refractivity contribution >= 4 is 5.91 Å². The third-order valence-corrected chi connectivity index (χ3v) is 3.54. The summed E-state index contributed by atoms with van der Waals surface area (Å²) in [7, 11) is 0. The molecule has 2 saturated heterocycles. The minimum Gasteiger partial charge on any atom is -0.338 e. The predicted molar refractivity (Wildman–Crippen MR) is 59.4 cm³/mol. The molecule has 2 unspecified atom stereocenters. The molecule has 0 saturated carbocycles. The van der Waals surface area contributed by atoms with Gasteiger partial charge >= 0.3 is 0 Å². The van der Waals surface area contributed by atoms with Crippen molar-refractivity contribution in [1.29, 1.82) is 0 Å². The SMILES string of the molecule is CC(CN1CC(N)C1=O)N1CCCCC1. The van der Waals surface area contributed by atoms with E-state index in [-0.39, 0.29) is 11.9 Å². The number of carbonyl (C=O) groups excluding carboxylic acids is 1. The molecule has 1 amide bonds. The lowest BCUT2D eigenvalue weighted by Crippen LogP contribution is -2.63. The van der Waals surface area contributed by atoms with Gasteiger partial charge in [0.05, 0.1) is 0 Å². The summed E-state index contributed by atoms with van der Waals surface area (Å²) in [5, 5.41) is 0. The van der Waals surface area contributed by atoms with Crippen molar-refractivity contribution in [1.82, 2.24) is 9.80 Å². The van der Waals surface area contributed by atoms with E-state index in [2.05, 4.69) is 11.8 Å². The van der Waals surface area contributed by atoms with E-state index in [4.69, 9.17) is 5.73 Å². The number of β-lactam (4-membered cyclic amide) rings is 1. The fraction of sp³-hybridized carbons (Fsp3) is 0.909. The molecular weight excluding hydrogens is 190 g/mol. The Kier molecular flexibility index (Phi) is 3.26. The van der Waals surface area contributed by atoms with Crippen molar-refractivity contribution in [2.45, 2.75) is 38.3 Å². The van der Waals surface area contributed by atoms with Gasteiger partial charge in [-0.15, -0.1) is 0 Å². The second kappa shape index (κ2) is 4.49. The van der Waals surface area contributed by atoms with Crippen LogP contribution in [-0.2, 0) is 4.79 Å². The largest absolute Gasteiger partial charge is 0.338 e. The predicted octanol–water partition coefficient (Wildman–Crippen LogP) is 0.0303. The van der Waals surface area contributed by atoms with Crippen molar-refractivity contribution in [3.05, 3.63) is 0 Å². The van der Waals surface area contributed by atoms with E-state index in [0.717, 1.165) is 13.1 Å². The smallest absolute Gasteiger partial charge is 0.241 e. The normalized spacial score (nSPS) is 30.1. The molecule has 4 nitrogen and oxygen atoms in total. The number of piperidine rings is 1. The van der Waals surface area contributed by atoms with Crippen LogP contribution in [0.1, 0.15) is 26.2 Å². The number of hydrogen-bond acceptors (Lipinski definition) is 3. The molecule has 0 aromatic heterocycles. The maximum absolute atomic E-state index is 11.4. The summed E-state index contributed by atoms with van der Waals surface area (Å²) in [6.07, 6.45) is 3.96. The molecule has 86 valence electrons. The Morgan fingerprint density at radius 3 is 2.60 bits per heavy atom. The number of rotatable bonds is 3. The maximum Gasteiger partial charge on any atom is 0.241 e. The molecule has 0 aromatic rings. The number of nitrogens with two attached hydrogens (primary N) is 1. The Labute approximate surface area is 91.4 Å². The van der Waals surface area contributed by atoms with Crippen LogP contribution >= 0.6 is 0 Å². The Bertz CT molecular complexity index is 238. The third kappa shape index (κ3) is 2.32. The average Bonchev–Trinajstić information content (AvgIpc) is 2.29. The standard InChI is InChI=1S/C11H21N3O/c1-9(13-5-3-2-4-6-13)7-14-8-10(12)11(14)15/h9-10H,2-8,12H2,1H3. The van der Waals surface area contributed by atoms with E-state index < -0.39 is 0 Å². The molecule has 2 fully saturated rings. The first-order chi connectivity index (χ1) is 7.18. The Hall–Kier alpha value is -0.610. The van der Waals surface area contributed by atoms with Crippen molar-refractivity contribution in [3.8, 4) is 0 Å². The van der Waals surface area contributed by atoms with Crippen LogP contribution in [0.4, 0.5) is 0 Å². The van der Waals surface area contributed by atoms with Gasteiger partial charge in [-0.05, 0) is 32.9 Å². The molecule has 0 radical (unpaired) electrons. The van der Waals surface area contributed by atoms with Gasteiger partial charge in [-0.3, -0.25) is 9.69 Å². The van der Waals surface area contributed by atoms with E-state index in [9.17, 15) is 4.79 Å². The van der Waals surface area contributed by atoms with Crippen LogP contribution in [0.3, 0.4) is 0 Å². The zero-order chi connectivity index (χ0) is 10.8. The van der Waals surface area contributed by atoms with Gasteiger partial charge in [0, 0.05) is 19.1 Å². The van der Waals surface area contributed by atoms with Crippen LogP contribution in [0.2, 0.25) is 0 Å². The minimum absolute atomic E-state index is 0.124. The van der Waals surface area contributed by atoms with Crippen LogP contribution in [0.5, 0.6) is 0 Å². The van der Waals surface area contributed by atoms with Gasteiger partial charge in [0.25, 0.3) is 0 Å². The molecule has 0 aliphatic carbocycles. The third-order valence-electron chi connectivity index (χ3n) is 3.54. The molecule has 0 bridgehead atoms. The number of hydrogen-bond donors (Lipinski definition) is 1. The first-order valence-corrected chi connectivity index (χ1v) is 5.97. The van der Waals surface area contributed by atoms with Crippen molar-refractivity contribution in [2.24, 2.45) is 5.73 Å². The number of nitrogens with zero attached hydrogens (tertiary/aromatic N) is 2. The molecule has 2 N–H and O–H groups in total. The zero-order valence-electron chi connectivity index (χ0n) is 9.48. The molecule has 2 aliphatic rings. The number of amides is 1. The molecule has 15 heavy (non-hydrogen) atoms. The molecule has 4 heteroatoms. The Balaban J connectivity index is 1.76. The topological polar surface area (TPSA) is 49.6 Å². The van der Waals surface area contributed by atoms with E-state index in [1.165, 1.54) is 32.4 Å². The van der Waals surface area contributed by atoms with Gasteiger partial charge in [0.2, 0.25) is 5.91 Å². The summed E-state index contributed by atoms with van der Waals surface area (Å²) in [5.74, 6) is 0.124. The summed E-state index contributed by atoms with van der Waals surface area (Å²) in [5.41, 5.74) is 5.56. The van der Waals surface area contributed by atoms with Gasteiger partial charge in [-0.25, -0.2) is 0 Å². The first-order valence-electron chi connectivity index (χ1n) is 5.97. The minimum atomic E-state index is -0.224. The second-order valence-corrected chi connectivity index (χ2v) is 4.80. The first kappa shape index (κ1) is 10.9. The maximum atomic E-state index is 11.4. The summed E-state index contributed by atoms with van der Waals surface area (Å²) in [6, 6.07) is 0.264. The highest BCUT2D eigenvalue weighted by Crippen LogP contribution is 2.15. The van der Waals surface area contributed by atoms with Crippen LogP contribution < -0.4 is 5.73 Å². The molecule has 2 rings (SSSR count). The number of carbonyl (C=O) groups is 1.